The average Bonchev–Trinajstić information content (AvgIpc) is 2.52. The molecule has 15 heavy (non-hydrogen) atoms. The molecular formula is C14H22O. The summed E-state index contributed by atoms with van der Waals surface area (Å²) in [6.45, 7) is 10.2. The number of ether oxygens (including phenoxy) is 1. The molecule has 84 valence electrons. The molecule has 0 spiro atoms. The van der Waals surface area contributed by atoms with Gasteiger partial charge in [-0.15, -0.1) is 0 Å². The Morgan fingerprint density at radius 1 is 1.60 bits per heavy atom. The third kappa shape index (κ3) is 3.94. The lowest BCUT2D eigenvalue weighted by Crippen LogP contribution is -2.07. The molecule has 0 saturated heterocycles. The van der Waals surface area contributed by atoms with Gasteiger partial charge in [-0.2, -0.15) is 0 Å². The molecule has 0 bridgehead atoms. The van der Waals surface area contributed by atoms with E-state index in [0.29, 0.717) is 0 Å². The molecule has 0 radical (unpaired) electrons. The van der Waals surface area contributed by atoms with Crippen LogP contribution in [0, 0.1) is 5.41 Å². The molecule has 0 aromatic rings. The molecule has 0 heterocycles. The van der Waals surface area contributed by atoms with Gasteiger partial charge in [0.05, 0.1) is 6.26 Å². The number of hydrogen-bond acceptors (Lipinski definition) is 1. The minimum Gasteiger partial charge on any atom is -0.495 e. The first-order chi connectivity index (χ1) is 7.07. The first-order valence-electron chi connectivity index (χ1n) is 5.67. The van der Waals surface area contributed by atoms with Crippen LogP contribution < -0.4 is 0 Å². The van der Waals surface area contributed by atoms with Gasteiger partial charge in [0.15, 0.2) is 0 Å². The van der Waals surface area contributed by atoms with E-state index in [-0.39, 0.29) is 11.5 Å². The molecule has 0 saturated carbocycles. The van der Waals surface area contributed by atoms with Gasteiger partial charge in [0.2, 0.25) is 0 Å². The van der Waals surface area contributed by atoms with Gasteiger partial charge in [0.25, 0.3) is 0 Å². The van der Waals surface area contributed by atoms with Crippen molar-refractivity contribution in [3.05, 3.63) is 36.6 Å². The van der Waals surface area contributed by atoms with Gasteiger partial charge in [-0.05, 0) is 37.7 Å². The Labute approximate surface area is 93.5 Å². The van der Waals surface area contributed by atoms with Crippen LogP contribution in [0.25, 0.3) is 0 Å². The normalized spacial score (nSPS) is 21.8. The first-order valence-corrected chi connectivity index (χ1v) is 5.67. The molecule has 0 aromatic carbocycles. The minimum absolute atomic E-state index is 0.263. The topological polar surface area (TPSA) is 9.23 Å². The van der Waals surface area contributed by atoms with E-state index in [1.807, 2.05) is 0 Å². The summed E-state index contributed by atoms with van der Waals surface area (Å²) < 4.78 is 5.38. The predicted molar refractivity (Wildman–Crippen MR) is 65.6 cm³/mol. The molecule has 1 heteroatoms. The van der Waals surface area contributed by atoms with Crippen LogP contribution in [-0.4, -0.2) is 6.10 Å². The van der Waals surface area contributed by atoms with E-state index in [0.717, 1.165) is 12.8 Å². The smallest absolute Gasteiger partial charge is 0.116 e. The van der Waals surface area contributed by atoms with Crippen LogP contribution in [0.5, 0.6) is 0 Å². The molecule has 0 amide bonds. The molecule has 1 rings (SSSR count). The quantitative estimate of drug-likeness (QED) is 0.483. The lowest BCUT2D eigenvalue weighted by atomic mass is 9.85. The maximum atomic E-state index is 5.38. The molecule has 1 aliphatic rings. The standard InChI is InChI=1S/C14H22O/c1-5-9-14(3,4)11-12-7-8-13(10-12)15-6-2/h5-6,9-10,13H,2,7-8,11H2,1,3-4H3. The van der Waals surface area contributed by atoms with Gasteiger partial charge >= 0.3 is 0 Å². The molecule has 1 atom stereocenters. The molecule has 0 N–H and O–H groups in total. The van der Waals surface area contributed by atoms with E-state index < -0.39 is 0 Å². The van der Waals surface area contributed by atoms with Gasteiger partial charge in [0, 0.05) is 0 Å². The third-order valence-electron chi connectivity index (χ3n) is 2.74. The fraction of sp³-hybridized carbons (Fsp3) is 0.571. The second-order valence-electron chi connectivity index (χ2n) is 4.87. The molecule has 0 aromatic heterocycles. The maximum absolute atomic E-state index is 5.38. The number of rotatable bonds is 5. The molecule has 0 aliphatic heterocycles. The van der Waals surface area contributed by atoms with Crippen molar-refractivity contribution < 1.29 is 4.74 Å². The summed E-state index contributed by atoms with van der Waals surface area (Å²) in [6.07, 6.45) is 11.9. The Balaban J connectivity index is 2.53. The summed E-state index contributed by atoms with van der Waals surface area (Å²) in [7, 11) is 0. The summed E-state index contributed by atoms with van der Waals surface area (Å²) >= 11 is 0. The van der Waals surface area contributed by atoms with Crippen LogP contribution in [0.1, 0.15) is 40.0 Å². The second kappa shape index (κ2) is 5.20. The Hall–Kier alpha value is -0.980. The lowest BCUT2D eigenvalue weighted by Gasteiger charge is -2.20. The van der Waals surface area contributed by atoms with Gasteiger partial charge < -0.3 is 4.74 Å². The average molecular weight is 206 g/mol. The predicted octanol–water partition coefficient (Wildman–Crippen LogP) is 4.23. The van der Waals surface area contributed by atoms with E-state index in [1.165, 1.54) is 12.0 Å². The van der Waals surface area contributed by atoms with Crippen LogP contribution >= 0.6 is 0 Å². The van der Waals surface area contributed by atoms with Gasteiger partial charge in [-0.3, -0.25) is 0 Å². The van der Waals surface area contributed by atoms with Crippen LogP contribution in [0.3, 0.4) is 0 Å². The SMILES string of the molecule is C=COC1C=C(CC(C)(C)C=CC)CC1. The van der Waals surface area contributed by atoms with Crippen molar-refractivity contribution in [1.29, 1.82) is 0 Å². The maximum Gasteiger partial charge on any atom is 0.116 e. The van der Waals surface area contributed by atoms with Crippen LogP contribution in [0.15, 0.2) is 36.6 Å². The van der Waals surface area contributed by atoms with Crippen molar-refractivity contribution in [2.75, 3.05) is 0 Å². The monoisotopic (exact) mass is 206 g/mol. The van der Waals surface area contributed by atoms with Crippen molar-refractivity contribution in [1.82, 2.24) is 0 Å². The number of hydrogen-bond donors (Lipinski definition) is 0. The van der Waals surface area contributed by atoms with E-state index in [4.69, 9.17) is 4.74 Å². The highest BCUT2D eigenvalue weighted by Crippen LogP contribution is 2.33. The van der Waals surface area contributed by atoms with E-state index >= 15 is 0 Å². The zero-order valence-electron chi connectivity index (χ0n) is 10.1. The largest absolute Gasteiger partial charge is 0.495 e. The minimum atomic E-state index is 0.263. The molecule has 1 unspecified atom stereocenters. The van der Waals surface area contributed by atoms with E-state index in [9.17, 15) is 0 Å². The van der Waals surface area contributed by atoms with E-state index in [2.05, 4.69) is 45.6 Å². The van der Waals surface area contributed by atoms with Crippen molar-refractivity contribution in [3.8, 4) is 0 Å². The summed E-state index contributed by atoms with van der Waals surface area (Å²) in [6, 6.07) is 0. The van der Waals surface area contributed by atoms with Gasteiger partial charge in [-0.1, -0.05) is 38.2 Å². The first kappa shape index (κ1) is 12.1. The molecule has 0 fully saturated rings. The van der Waals surface area contributed by atoms with Crippen LogP contribution in [0.2, 0.25) is 0 Å². The fourth-order valence-electron chi connectivity index (χ4n) is 2.23. The molecular weight excluding hydrogens is 184 g/mol. The Kier molecular flexibility index (Phi) is 4.19. The summed E-state index contributed by atoms with van der Waals surface area (Å²) in [4.78, 5) is 0. The Bertz CT molecular complexity index is 271. The van der Waals surface area contributed by atoms with E-state index in [1.54, 1.807) is 6.26 Å². The van der Waals surface area contributed by atoms with Crippen LogP contribution in [-0.2, 0) is 4.74 Å². The van der Waals surface area contributed by atoms with Gasteiger partial charge in [0.1, 0.15) is 6.10 Å². The summed E-state index contributed by atoms with van der Waals surface area (Å²) in [5, 5.41) is 0. The van der Waals surface area contributed by atoms with Crippen molar-refractivity contribution in [2.24, 2.45) is 5.41 Å². The van der Waals surface area contributed by atoms with Crippen LogP contribution in [0.4, 0.5) is 0 Å². The fourth-order valence-corrected chi connectivity index (χ4v) is 2.23. The van der Waals surface area contributed by atoms with Gasteiger partial charge in [-0.25, -0.2) is 0 Å². The highest BCUT2D eigenvalue weighted by Gasteiger charge is 2.21. The zero-order valence-corrected chi connectivity index (χ0v) is 10.1. The Morgan fingerprint density at radius 3 is 2.93 bits per heavy atom. The third-order valence-corrected chi connectivity index (χ3v) is 2.74. The summed E-state index contributed by atoms with van der Waals surface area (Å²) in [5.74, 6) is 0. The second-order valence-corrected chi connectivity index (χ2v) is 4.87. The molecule has 1 aliphatic carbocycles. The zero-order chi connectivity index (χ0) is 11.3. The molecule has 1 nitrogen and oxygen atoms in total. The van der Waals surface area contributed by atoms with Crippen molar-refractivity contribution in [2.45, 2.75) is 46.1 Å². The number of allylic oxidation sites excluding steroid dienone is 3. The summed E-state index contributed by atoms with van der Waals surface area (Å²) in [5.41, 5.74) is 1.79. The van der Waals surface area contributed by atoms with Crippen molar-refractivity contribution in [3.63, 3.8) is 0 Å². The highest BCUT2D eigenvalue weighted by atomic mass is 16.5. The Morgan fingerprint density at radius 2 is 2.33 bits per heavy atom. The lowest BCUT2D eigenvalue weighted by molar-refractivity contribution is 0.187. The van der Waals surface area contributed by atoms with Crippen molar-refractivity contribution >= 4 is 0 Å². The highest BCUT2D eigenvalue weighted by molar-refractivity contribution is 5.16.